The molecular weight excluding hydrogens is 148 g/mol. The Morgan fingerprint density at radius 2 is 2.00 bits per heavy atom. The molecule has 0 atom stereocenters. The van der Waals surface area contributed by atoms with Crippen molar-refractivity contribution in [3.63, 3.8) is 0 Å². The van der Waals surface area contributed by atoms with Crippen molar-refractivity contribution in [3.8, 4) is 0 Å². The number of nitrogens with zero attached hydrogens (tertiary/aromatic N) is 1. The number of carbonyl (C=O) groups is 1. The maximum absolute atomic E-state index is 10.4. The molecule has 5 nitrogen and oxygen atoms in total. The van der Waals surface area contributed by atoms with Crippen LogP contribution in [0.15, 0.2) is 0 Å². The average molecular weight is 162 g/mol. The molecule has 0 unspecified atom stereocenters. The summed E-state index contributed by atoms with van der Waals surface area (Å²) in [6, 6.07) is 0. The van der Waals surface area contributed by atoms with Crippen LogP contribution in [0, 0.1) is 0 Å². The second-order valence-corrected chi connectivity index (χ2v) is 2.14. The third-order valence-corrected chi connectivity index (χ3v) is 1.21. The lowest BCUT2D eigenvalue weighted by atomic mass is 10.4. The third-order valence-electron chi connectivity index (χ3n) is 1.21. The SMILES string of the molecule is NN1CCCC1=O.OCCO. The first kappa shape index (κ1) is 10.3. The zero-order chi connectivity index (χ0) is 8.69. The van der Waals surface area contributed by atoms with Crippen LogP contribution >= 0.6 is 0 Å². The first-order valence-electron chi connectivity index (χ1n) is 3.49. The summed E-state index contributed by atoms with van der Waals surface area (Å²) in [4.78, 5) is 10.4. The van der Waals surface area contributed by atoms with Crippen LogP contribution in [0.4, 0.5) is 0 Å². The fraction of sp³-hybridized carbons (Fsp3) is 0.833. The number of hydrogen-bond donors (Lipinski definition) is 3. The van der Waals surface area contributed by atoms with Gasteiger partial charge in [0.05, 0.1) is 13.2 Å². The second kappa shape index (κ2) is 6.09. The van der Waals surface area contributed by atoms with E-state index >= 15 is 0 Å². The van der Waals surface area contributed by atoms with E-state index in [9.17, 15) is 4.79 Å². The third kappa shape index (κ3) is 4.72. The van der Waals surface area contributed by atoms with Crippen LogP contribution in [-0.2, 0) is 4.79 Å². The standard InChI is InChI=1S/C4H8N2O.C2H6O2/c5-6-3-1-2-4(6)7;3-1-2-4/h1-3,5H2;3-4H,1-2H2. The summed E-state index contributed by atoms with van der Waals surface area (Å²) in [5.41, 5.74) is 0. The molecule has 11 heavy (non-hydrogen) atoms. The van der Waals surface area contributed by atoms with Crippen LogP contribution < -0.4 is 5.84 Å². The number of carbonyl (C=O) groups excluding carboxylic acids is 1. The first-order valence-corrected chi connectivity index (χ1v) is 3.49. The molecule has 0 bridgehead atoms. The fourth-order valence-electron chi connectivity index (χ4n) is 0.669. The van der Waals surface area contributed by atoms with Gasteiger partial charge in [-0.25, -0.2) is 5.84 Å². The molecule has 1 aliphatic heterocycles. The van der Waals surface area contributed by atoms with Gasteiger partial charge < -0.3 is 10.2 Å². The molecular formula is C6H14N2O3. The van der Waals surface area contributed by atoms with Crippen molar-refractivity contribution in [2.24, 2.45) is 5.84 Å². The molecule has 0 aromatic carbocycles. The zero-order valence-corrected chi connectivity index (χ0v) is 6.36. The van der Waals surface area contributed by atoms with E-state index in [1.165, 1.54) is 5.01 Å². The Labute approximate surface area is 65.4 Å². The number of hydrazine groups is 1. The van der Waals surface area contributed by atoms with Gasteiger partial charge in [0.15, 0.2) is 0 Å². The molecule has 1 rings (SSSR count). The molecule has 1 amide bonds. The number of hydrogen-bond acceptors (Lipinski definition) is 4. The Bertz CT molecular complexity index is 116. The van der Waals surface area contributed by atoms with Crippen molar-refractivity contribution in [2.45, 2.75) is 12.8 Å². The molecule has 0 aromatic rings. The molecule has 5 heteroatoms. The summed E-state index contributed by atoms with van der Waals surface area (Å²) in [6.07, 6.45) is 1.56. The molecule has 66 valence electrons. The lowest BCUT2D eigenvalue weighted by Gasteiger charge is -2.03. The van der Waals surface area contributed by atoms with Crippen molar-refractivity contribution < 1.29 is 15.0 Å². The van der Waals surface area contributed by atoms with Crippen molar-refractivity contribution in [1.82, 2.24) is 5.01 Å². The summed E-state index contributed by atoms with van der Waals surface area (Å²) in [5.74, 6) is 5.23. The van der Waals surface area contributed by atoms with E-state index in [-0.39, 0.29) is 19.1 Å². The van der Waals surface area contributed by atoms with Crippen molar-refractivity contribution in [3.05, 3.63) is 0 Å². The highest BCUT2D eigenvalue weighted by Crippen LogP contribution is 2.02. The lowest BCUT2D eigenvalue weighted by Crippen LogP contribution is -2.31. The summed E-state index contributed by atoms with van der Waals surface area (Å²) in [6.45, 7) is 0.485. The molecule has 1 saturated heterocycles. The predicted molar refractivity (Wildman–Crippen MR) is 39.3 cm³/mol. The highest BCUT2D eigenvalue weighted by Gasteiger charge is 2.15. The monoisotopic (exact) mass is 162 g/mol. The molecule has 0 aliphatic carbocycles. The van der Waals surface area contributed by atoms with Crippen LogP contribution in [0.3, 0.4) is 0 Å². The Kier molecular flexibility index (Phi) is 5.73. The maximum atomic E-state index is 10.4. The Morgan fingerprint density at radius 1 is 1.45 bits per heavy atom. The second-order valence-electron chi connectivity index (χ2n) is 2.14. The van der Waals surface area contributed by atoms with Gasteiger partial charge in [-0.3, -0.25) is 9.80 Å². The minimum atomic E-state index is -0.125. The zero-order valence-electron chi connectivity index (χ0n) is 6.36. The van der Waals surface area contributed by atoms with Gasteiger partial charge in [0.1, 0.15) is 0 Å². The predicted octanol–water partition coefficient (Wildman–Crippen LogP) is -1.55. The Hall–Kier alpha value is -0.650. The molecule has 4 N–H and O–H groups in total. The van der Waals surface area contributed by atoms with Crippen molar-refractivity contribution >= 4 is 5.91 Å². The van der Waals surface area contributed by atoms with E-state index in [1.54, 1.807) is 0 Å². The summed E-state index contributed by atoms with van der Waals surface area (Å²) >= 11 is 0. The van der Waals surface area contributed by atoms with E-state index in [4.69, 9.17) is 16.1 Å². The summed E-state index contributed by atoms with van der Waals surface area (Å²) < 4.78 is 0. The van der Waals surface area contributed by atoms with Gasteiger partial charge in [-0.05, 0) is 6.42 Å². The van der Waals surface area contributed by atoms with Gasteiger partial charge in [-0.15, -0.1) is 0 Å². The van der Waals surface area contributed by atoms with Gasteiger partial charge in [0.2, 0.25) is 5.91 Å². The fourth-order valence-corrected chi connectivity index (χ4v) is 0.669. The van der Waals surface area contributed by atoms with E-state index in [2.05, 4.69) is 0 Å². The van der Waals surface area contributed by atoms with Gasteiger partial charge in [0, 0.05) is 13.0 Å². The number of amides is 1. The van der Waals surface area contributed by atoms with Crippen LogP contribution in [0.2, 0.25) is 0 Å². The van der Waals surface area contributed by atoms with E-state index in [0.29, 0.717) is 6.42 Å². The smallest absolute Gasteiger partial charge is 0.236 e. The molecule has 1 aliphatic rings. The lowest BCUT2D eigenvalue weighted by molar-refractivity contribution is -0.127. The molecule has 0 saturated carbocycles. The Morgan fingerprint density at radius 3 is 2.09 bits per heavy atom. The molecule has 1 heterocycles. The number of aliphatic hydroxyl groups is 2. The molecule has 0 spiro atoms. The van der Waals surface area contributed by atoms with E-state index in [1.807, 2.05) is 0 Å². The molecule has 1 fully saturated rings. The number of nitrogens with two attached hydrogens (primary N) is 1. The highest BCUT2D eigenvalue weighted by molar-refractivity contribution is 5.77. The van der Waals surface area contributed by atoms with Crippen molar-refractivity contribution in [2.75, 3.05) is 19.8 Å². The van der Waals surface area contributed by atoms with Gasteiger partial charge in [-0.1, -0.05) is 0 Å². The minimum Gasteiger partial charge on any atom is -0.394 e. The van der Waals surface area contributed by atoms with Crippen molar-refractivity contribution in [1.29, 1.82) is 0 Å². The van der Waals surface area contributed by atoms with Gasteiger partial charge in [0.25, 0.3) is 0 Å². The molecule has 0 aromatic heterocycles. The maximum Gasteiger partial charge on any atom is 0.236 e. The van der Waals surface area contributed by atoms with E-state index < -0.39 is 0 Å². The molecule has 0 radical (unpaired) electrons. The number of aliphatic hydroxyl groups excluding tert-OH is 2. The summed E-state index contributed by atoms with van der Waals surface area (Å²) in [5, 5.41) is 16.5. The van der Waals surface area contributed by atoms with Gasteiger partial charge in [-0.2, -0.15) is 0 Å². The first-order chi connectivity index (χ1) is 5.22. The normalized spacial score (nSPS) is 16.3. The quantitative estimate of drug-likeness (QED) is 0.322. The Balaban J connectivity index is 0.000000218. The van der Waals surface area contributed by atoms with Crippen LogP contribution in [0.25, 0.3) is 0 Å². The van der Waals surface area contributed by atoms with Crippen LogP contribution in [-0.4, -0.2) is 40.9 Å². The average Bonchev–Trinajstić information content (AvgIpc) is 2.37. The van der Waals surface area contributed by atoms with Gasteiger partial charge >= 0.3 is 0 Å². The van der Waals surface area contributed by atoms with E-state index in [0.717, 1.165) is 13.0 Å². The minimum absolute atomic E-state index is 0.0694. The summed E-state index contributed by atoms with van der Waals surface area (Å²) in [7, 11) is 0. The topological polar surface area (TPSA) is 86.8 Å². The van der Waals surface area contributed by atoms with Crippen LogP contribution in [0.1, 0.15) is 12.8 Å². The highest BCUT2D eigenvalue weighted by atomic mass is 16.3. The number of rotatable bonds is 1. The van der Waals surface area contributed by atoms with Crippen LogP contribution in [0.5, 0.6) is 0 Å². The largest absolute Gasteiger partial charge is 0.394 e.